The molecule has 0 spiro atoms. The Morgan fingerprint density at radius 3 is 2.67 bits per heavy atom. The number of Topliss-reactive ketones (excluding diaryl/α,β-unsaturated/α-hetero) is 1. The summed E-state index contributed by atoms with van der Waals surface area (Å²) in [5, 5.41) is 0. The summed E-state index contributed by atoms with van der Waals surface area (Å²) in [6.45, 7) is 2.96. The fraction of sp³-hybridized carbons (Fsp3) is 0.368. The maximum atomic E-state index is 12.5. The van der Waals surface area contributed by atoms with Crippen LogP contribution < -0.4 is 5.56 Å². The van der Waals surface area contributed by atoms with Gasteiger partial charge in [0, 0.05) is 47.3 Å². The summed E-state index contributed by atoms with van der Waals surface area (Å²) >= 11 is 3.40. The van der Waals surface area contributed by atoms with Gasteiger partial charge in [-0.1, -0.05) is 34.1 Å². The van der Waals surface area contributed by atoms with Crippen LogP contribution in [0.15, 0.2) is 51.7 Å². The average Bonchev–Trinajstić information content (AvgIpc) is 2.56. The number of benzene rings is 1. The molecule has 5 heteroatoms. The number of fused-ring (bicyclic) bond motifs is 4. The molecular formula is C19H19BrN2O2. The first-order valence-corrected chi connectivity index (χ1v) is 9.10. The zero-order valence-corrected chi connectivity index (χ0v) is 14.9. The summed E-state index contributed by atoms with van der Waals surface area (Å²) in [7, 11) is 0. The van der Waals surface area contributed by atoms with E-state index in [0.29, 0.717) is 18.4 Å². The highest BCUT2D eigenvalue weighted by Gasteiger charge is 2.34. The molecule has 1 saturated heterocycles. The molecule has 0 N–H and O–H groups in total. The van der Waals surface area contributed by atoms with E-state index in [2.05, 4.69) is 26.9 Å². The molecule has 0 saturated carbocycles. The zero-order valence-electron chi connectivity index (χ0n) is 13.3. The maximum Gasteiger partial charge on any atom is 0.250 e. The molecule has 0 radical (unpaired) electrons. The Hall–Kier alpha value is -1.72. The van der Waals surface area contributed by atoms with Crippen molar-refractivity contribution in [2.24, 2.45) is 5.92 Å². The SMILES string of the molecule is O=C(CN1C[C@H]2C[C@H](C1)c1cccc(=O)n1C2)c1ccc(Br)cc1. The number of hydrogen-bond donors (Lipinski definition) is 0. The van der Waals surface area contributed by atoms with Gasteiger partial charge in [0.25, 0.3) is 5.56 Å². The van der Waals surface area contributed by atoms with E-state index in [1.165, 1.54) is 0 Å². The van der Waals surface area contributed by atoms with Crippen molar-refractivity contribution < 1.29 is 4.79 Å². The fourth-order valence-electron chi connectivity index (χ4n) is 4.05. The van der Waals surface area contributed by atoms with Gasteiger partial charge in [0.2, 0.25) is 0 Å². The van der Waals surface area contributed by atoms with E-state index in [1.807, 2.05) is 34.9 Å². The van der Waals surface area contributed by atoms with Crippen LogP contribution in [0, 0.1) is 5.92 Å². The van der Waals surface area contributed by atoms with Gasteiger partial charge in [-0.15, -0.1) is 0 Å². The van der Waals surface area contributed by atoms with Crippen molar-refractivity contribution in [1.82, 2.24) is 9.47 Å². The summed E-state index contributed by atoms with van der Waals surface area (Å²) in [6, 6.07) is 13.1. The van der Waals surface area contributed by atoms with Gasteiger partial charge >= 0.3 is 0 Å². The van der Waals surface area contributed by atoms with Crippen LogP contribution in [-0.4, -0.2) is 34.9 Å². The van der Waals surface area contributed by atoms with E-state index in [-0.39, 0.29) is 11.3 Å². The Morgan fingerprint density at radius 2 is 1.88 bits per heavy atom. The summed E-state index contributed by atoms with van der Waals surface area (Å²) in [5.41, 5.74) is 1.98. The normalized spacial score (nSPS) is 22.9. The van der Waals surface area contributed by atoms with E-state index in [9.17, 15) is 9.59 Å². The molecule has 3 heterocycles. The van der Waals surface area contributed by atoms with Crippen molar-refractivity contribution >= 4 is 21.7 Å². The molecule has 2 atom stereocenters. The lowest BCUT2D eigenvalue weighted by Gasteiger charge is -2.42. The lowest BCUT2D eigenvalue weighted by Crippen LogP contribution is -2.48. The van der Waals surface area contributed by atoms with Crippen LogP contribution in [0.25, 0.3) is 0 Å². The van der Waals surface area contributed by atoms with Crippen LogP contribution in [0.1, 0.15) is 28.4 Å². The van der Waals surface area contributed by atoms with Gasteiger partial charge in [-0.05, 0) is 30.5 Å². The minimum absolute atomic E-state index is 0.0987. The lowest BCUT2D eigenvalue weighted by atomic mass is 9.83. The molecule has 2 bridgehead atoms. The average molecular weight is 387 g/mol. The predicted molar refractivity (Wildman–Crippen MR) is 96.5 cm³/mol. The molecule has 1 fully saturated rings. The second kappa shape index (κ2) is 6.30. The van der Waals surface area contributed by atoms with Crippen LogP contribution in [0.2, 0.25) is 0 Å². The standard InChI is InChI=1S/C19H19BrN2O2/c20-16-6-4-14(5-7-16)18(23)12-21-9-13-8-15(11-21)17-2-1-3-19(24)22(17)10-13/h1-7,13,15H,8-12H2/t13-,15-/m1/s1. The number of likely N-dealkylation sites (tertiary alicyclic amines) is 1. The number of piperidine rings is 1. The molecule has 2 aliphatic heterocycles. The van der Waals surface area contributed by atoms with Gasteiger partial charge in [0.15, 0.2) is 5.78 Å². The number of ketones is 1. The molecule has 4 rings (SSSR count). The van der Waals surface area contributed by atoms with Crippen molar-refractivity contribution in [3.05, 3.63) is 68.5 Å². The summed E-state index contributed by atoms with van der Waals surface area (Å²) in [6.07, 6.45) is 1.12. The second-order valence-corrected chi connectivity index (χ2v) is 7.74. The van der Waals surface area contributed by atoms with Gasteiger partial charge < -0.3 is 4.57 Å². The molecule has 0 amide bonds. The zero-order chi connectivity index (χ0) is 16.7. The van der Waals surface area contributed by atoms with Crippen molar-refractivity contribution in [2.75, 3.05) is 19.6 Å². The minimum atomic E-state index is 0.0987. The van der Waals surface area contributed by atoms with Crippen LogP contribution in [0.4, 0.5) is 0 Å². The van der Waals surface area contributed by atoms with E-state index in [1.54, 1.807) is 6.07 Å². The van der Waals surface area contributed by atoms with Crippen LogP contribution in [0.3, 0.4) is 0 Å². The molecular weight excluding hydrogens is 368 g/mol. The summed E-state index contributed by atoms with van der Waals surface area (Å²) in [4.78, 5) is 26.8. The lowest BCUT2D eigenvalue weighted by molar-refractivity contribution is 0.0817. The Kier molecular flexibility index (Phi) is 4.14. The summed E-state index contributed by atoms with van der Waals surface area (Å²) in [5.74, 6) is 0.964. The highest BCUT2D eigenvalue weighted by molar-refractivity contribution is 9.10. The molecule has 2 aromatic rings. The van der Waals surface area contributed by atoms with Crippen molar-refractivity contribution in [3.8, 4) is 0 Å². The Morgan fingerprint density at radius 1 is 1.08 bits per heavy atom. The van der Waals surface area contributed by atoms with Crippen molar-refractivity contribution in [1.29, 1.82) is 0 Å². The predicted octanol–water partition coefficient (Wildman–Crippen LogP) is 2.91. The van der Waals surface area contributed by atoms with Gasteiger partial charge in [0.1, 0.15) is 0 Å². The number of pyridine rings is 1. The van der Waals surface area contributed by atoms with Gasteiger partial charge in [-0.3, -0.25) is 14.5 Å². The molecule has 24 heavy (non-hydrogen) atoms. The highest BCUT2D eigenvalue weighted by atomic mass is 79.9. The quantitative estimate of drug-likeness (QED) is 0.761. The number of rotatable bonds is 3. The number of carbonyl (C=O) groups is 1. The van der Waals surface area contributed by atoms with Gasteiger partial charge in [-0.2, -0.15) is 0 Å². The van der Waals surface area contributed by atoms with E-state index >= 15 is 0 Å². The number of carbonyl (C=O) groups excluding carboxylic acids is 1. The van der Waals surface area contributed by atoms with E-state index in [0.717, 1.165) is 41.8 Å². The van der Waals surface area contributed by atoms with E-state index in [4.69, 9.17) is 0 Å². The third kappa shape index (κ3) is 2.98. The highest BCUT2D eigenvalue weighted by Crippen LogP contribution is 2.34. The largest absolute Gasteiger partial charge is 0.312 e. The molecule has 0 unspecified atom stereocenters. The maximum absolute atomic E-state index is 12.5. The van der Waals surface area contributed by atoms with E-state index < -0.39 is 0 Å². The monoisotopic (exact) mass is 386 g/mol. The van der Waals surface area contributed by atoms with Crippen molar-refractivity contribution in [3.63, 3.8) is 0 Å². The van der Waals surface area contributed by atoms with Gasteiger partial charge in [-0.25, -0.2) is 0 Å². The molecule has 124 valence electrons. The fourth-order valence-corrected chi connectivity index (χ4v) is 4.32. The first-order valence-electron chi connectivity index (χ1n) is 8.31. The first kappa shape index (κ1) is 15.8. The Bertz CT molecular complexity index is 828. The number of nitrogens with zero attached hydrogens (tertiary/aromatic N) is 2. The summed E-state index contributed by atoms with van der Waals surface area (Å²) < 4.78 is 2.90. The smallest absolute Gasteiger partial charge is 0.250 e. The minimum Gasteiger partial charge on any atom is -0.312 e. The third-order valence-electron chi connectivity index (χ3n) is 5.09. The first-order chi connectivity index (χ1) is 11.6. The second-order valence-electron chi connectivity index (χ2n) is 6.82. The van der Waals surface area contributed by atoms with Crippen LogP contribution >= 0.6 is 15.9 Å². The van der Waals surface area contributed by atoms with Crippen LogP contribution in [0.5, 0.6) is 0 Å². The van der Waals surface area contributed by atoms with Gasteiger partial charge in [0.05, 0.1) is 6.54 Å². The number of hydrogen-bond acceptors (Lipinski definition) is 3. The molecule has 0 aliphatic carbocycles. The molecule has 1 aromatic heterocycles. The molecule has 2 aliphatic rings. The van der Waals surface area contributed by atoms with Crippen LogP contribution in [-0.2, 0) is 6.54 Å². The molecule has 4 nitrogen and oxygen atoms in total. The molecule has 1 aromatic carbocycles. The number of aromatic nitrogens is 1. The topological polar surface area (TPSA) is 42.3 Å². The van der Waals surface area contributed by atoms with Crippen molar-refractivity contribution in [2.45, 2.75) is 18.9 Å². The Labute approximate surface area is 149 Å². The third-order valence-corrected chi connectivity index (χ3v) is 5.62. The number of halogens is 1. The Balaban J connectivity index is 1.51.